The average molecular weight is 267 g/mol. The Morgan fingerprint density at radius 2 is 2.00 bits per heavy atom. The Morgan fingerprint density at radius 3 is 2.54 bits per heavy atom. The van der Waals surface area contributed by atoms with E-state index in [1.54, 1.807) is 18.3 Å². The van der Waals surface area contributed by atoms with Crippen LogP contribution >= 0.6 is 15.9 Å². The van der Waals surface area contributed by atoms with Crippen molar-refractivity contribution >= 4 is 22.1 Å². The standard InChI is InChI=1S/C9H10BrFN.ClH/c1-12(2)6-7-5-8(10)3-4-9(7)11;/h3-6H,1-2H3;1H/q+1;/p-1. The molecule has 0 aromatic heterocycles. The van der Waals surface area contributed by atoms with Crippen molar-refractivity contribution in [1.82, 2.24) is 0 Å². The molecule has 1 nitrogen and oxygen atoms in total. The molecule has 72 valence electrons. The van der Waals surface area contributed by atoms with E-state index in [2.05, 4.69) is 15.9 Å². The topological polar surface area (TPSA) is 3.01 Å². The van der Waals surface area contributed by atoms with Gasteiger partial charge in [0.2, 0.25) is 0 Å². The lowest BCUT2D eigenvalue weighted by Gasteiger charge is -1.95. The summed E-state index contributed by atoms with van der Waals surface area (Å²) in [5, 5.41) is 0. The van der Waals surface area contributed by atoms with E-state index in [0.29, 0.717) is 5.56 Å². The maximum Gasteiger partial charge on any atom is 0.173 e. The van der Waals surface area contributed by atoms with E-state index in [4.69, 9.17) is 0 Å². The highest BCUT2D eigenvalue weighted by Gasteiger charge is 2.02. The minimum absolute atomic E-state index is 0. The van der Waals surface area contributed by atoms with Crippen LogP contribution in [0.25, 0.3) is 0 Å². The van der Waals surface area contributed by atoms with Gasteiger partial charge in [0.1, 0.15) is 19.9 Å². The number of hydrogen-bond donors (Lipinski definition) is 0. The third kappa shape index (κ3) is 3.87. The van der Waals surface area contributed by atoms with Crippen molar-refractivity contribution in [3.63, 3.8) is 0 Å². The van der Waals surface area contributed by atoms with Crippen molar-refractivity contribution in [2.24, 2.45) is 0 Å². The van der Waals surface area contributed by atoms with Crippen LogP contribution in [0.4, 0.5) is 4.39 Å². The highest BCUT2D eigenvalue weighted by atomic mass is 79.9. The minimum Gasteiger partial charge on any atom is -1.00 e. The molecule has 0 unspecified atom stereocenters. The lowest BCUT2D eigenvalue weighted by molar-refractivity contribution is -0.458. The van der Waals surface area contributed by atoms with Gasteiger partial charge in [-0.15, -0.1) is 0 Å². The summed E-state index contributed by atoms with van der Waals surface area (Å²) in [6.45, 7) is 0. The number of hydrogen-bond acceptors (Lipinski definition) is 0. The van der Waals surface area contributed by atoms with Crippen LogP contribution in [-0.4, -0.2) is 24.9 Å². The first-order valence-electron chi connectivity index (χ1n) is 3.56. The molecule has 1 rings (SSSR count). The van der Waals surface area contributed by atoms with Gasteiger partial charge in [0, 0.05) is 4.47 Å². The molecule has 0 aliphatic rings. The third-order valence-corrected chi connectivity index (χ3v) is 1.85. The second kappa shape index (κ2) is 5.35. The minimum atomic E-state index is -0.202. The van der Waals surface area contributed by atoms with Gasteiger partial charge in [-0.25, -0.2) is 8.97 Å². The van der Waals surface area contributed by atoms with Gasteiger partial charge in [0.25, 0.3) is 0 Å². The lowest BCUT2D eigenvalue weighted by Crippen LogP contribution is -3.00. The largest absolute Gasteiger partial charge is 1.00 e. The van der Waals surface area contributed by atoms with Crippen molar-refractivity contribution < 1.29 is 21.4 Å². The average Bonchev–Trinajstić information content (AvgIpc) is 1.96. The monoisotopic (exact) mass is 265 g/mol. The van der Waals surface area contributed by atoms with Crippen LogP contribution in [-0.2, 0) is 0 Å². The van der Waals surface area contributed by atoms with E-state index in [0.717, 1.165) is 4.47 Å². The van der Waals surface area contributed by atoms with Gasteiger partial charge in [-0.05, 0) is 18.2 Å². The summed E-state index contributed by atoms with van der Waals surface area (Å²) in [7, 11) is 3.72. The fraction of sp³-hybridized carbons (Fsp3) is 0.222. The second-order valence-corrected chi connectivity index (χ2v) is 3.67. The molecule has 0 spiro atoms. The molecule has 0 fully saturated rings. The molecular formula is C9H10BrClFN. The molecule has 0 saturated carbocycles. The van der Waals surface area contributed by atoms with Gasteiger partial charge < -0.3 is 12.4 Å². The fourth-order valence-electron chi connectivity index (χ4n) is 0.892. The Bertz CT molecular complexity index is 321. The van der Waals surface area contributed by atoms with Crippen molar-refractivity contribution in [3.05, 3.63) is 34.1 Å². The van der Waals surface area contributed by atoms with Gasteiger partial charge in [-0.3, -0.25) is 0 Å². The van der Waals surface area contributed by atoms with E-state index >= 15 is 0 Å². The van der Waals surface area contributed by atoms with Gasteiger partial charge in [-0.1, -0.05) is 15.9 Å². The van der Waals surface area contributed by atoms with Gasteiger partial charge in [0.15, 0.2) is 6.21 Å². The number of benzene rings is 1. The summed E-state index contributed by atoms with van der Waals surface area (Å²) in [6, 6.07) is 4.87. The zero-order valence-electron chi connectivity index (χ0n) is 7.39. The smallest absolute Gasteiger partial charge is 0.173 e. The molecule has 0 radical (unpaired) electrons. The Hall–Kier alpha value is -0.410. The van der Waals surface area contributed by atoms with Crippen LogP contribution in [0.1, 0.15) is 5.56 Å². The summed E-state index contributed by atoms with van der Waals surface area (Å²) in [5.41, 5.74) is 0.592. The molecule has 0 amide bonds. The highest BCUT2D eigenvalue weighted by molar-refractivity contribution is 9.10. The Kier molecular flexibility index (Phi) is 5.18. The normalized spacial score (nSPS) is 8.92. The van der Waals surface area contributed by atoms with E-state index in [-0.39, 0.29) is 18.2 Å². The molecule has 0 bridgehead atoms. The maximum absolute atomic E-state index is 13.1. The number of rotatable bonds is 1. The van der Waals surface area contributed by atoms with E-state index in [1.807, 2.05) is 18.7 Å². The van der Waals surface area contributed by atoms with Crippen LogP contribution in [0.3, 0.4) is 0 Å². The Labute approximate surface area is 91.8 Å². The summed E-state index contributed by atoms with van der Waals surface area (Å²) >= 11 is 3.28. The van der Waals surface area contributed by atoms with Crippen LogP contribution < -0.4 is 12.4 Å². The first-order chi connectivity index (χ1) is 5.59. The number of nitrogens with zero attached hydrogens (tertiary/aromatic N) is 1. The van der Waals surface area contributed by atoms with Crippen LogP contribution in [0.5, 0.6) is 0 Å². The summed E-state index contributed by atoms with van der Waals surface area (Å²) in [4.78, 5) is 0. The molecule has 0 saturated heterocycles. The summed E-state index contributed by atoms with van der Waals surface area (Å²) in [5.74, 6) is -0.202. The van der Waals surface area contributed by atoms with Crippen LogP contribution in [0.15, 0.2) is 22.7 Å². The summed E-state index contributed by atoms with van der Waals surface area (Å²) < 4.78 is 15.7. The maximum atomic E-state index is 13.1. The van der Waals surface area contributed by atoms with Crippen LogP contribution in [0, 0.1) is 5.82 Å². The molecule has 1 aromatic carbocycles. The molecule has 13 heavy (non-hydrogen) atoms. The fourth-order valence-corrected chi connectivity index (χ4v) is 1.27. The molecule has 1 aromatic rings. The van der Waals surface area contributed by atoms with Gasteiger partial charge in [-0.2, -0.15) is 0 Å². The quantitative estimate of drug-likeness (QED) is 0.466. The van der Waals surface area contributed by atoms with E-state index in [9.17, 15) is 4.39 Å². The van der Waals surface area contributed by atoms with Gasteiger partial charge >= 0.3 is 0 Å². The third-order valence-electron chi connectivity index (χ3n) is 1.36. The van der Waals surface area contributed by atoms with E-state index in [1.165, 1.54) is 6.07 Å². The van der Waals surface area contributed by atoms with Crippen molar-refractivity contribution in [3.8, 4) is 0 Å². The summed E-state index contributed by atoms with van der Waals surface area (Å²) in [6.07, 6.45) is 1.74. The zero-order chi connectivity index (χ0) is 9.14. The first kappa shape index (κ1) is 12.6. The second-order valence-electron chi connectivity index (χ2n) is 2.76. The van der Waals surface area contributed by atoms with Crippen molar-refractivity contribution in [2.75, 3.05) is 14.1 Å². The molecule has 0 N–H and O–H groups in total. The van der Waals surface area contributed by atoms with Crippen molar-refractivity contribution in [1.29, 1.82) is 0 Å². The van der Waals surface area contributed by atoms with Crippen LogP contribution in [0.2, 0.25) is 0 Å². The first-order valence-corrected chi connectivity index (χ1v) is 4.35. The predicted molar refractivity (Wildman–Crippen MR) is 51.4 cm³/mol. The molecule has 0 heterocycles. The highest BCUT2D eigenvalue weighted by Crippen LogP contribution is 2.13. The number of halogens is 3. The SMILES string of the molecule is C[N+](C)=Cc1cc(Br)ccc1F.[Cl-]. The molecular weight excluding hydrogens is 256 g/mol. The Morgan fingerprint density at radius 1 is 1.38 bits per heavy atom. The van der Waals surface area contributed by atoms with Gasteiger partial charge in [0.05, 0.1) is 5.56 Å². The Balaban J connectivity index is 0.00000144. The zero-order valence-corrected chi connectivity index (χ0v) is 9.73. The predicted octanol–water partition coefficient (Wildman–Crippen LogP) is -0.717. The molecule has 4 heteroatoms. The van der Waals surface area contributed by atoms with E-state index < -0.39 is 0 Å². The lowest BCUT2D eigenvalue weighted by atomic mass is 10.2. The van der Waals surface area contributed by atoms with Crippen molar-refractivity contribution in [2.45, 2.75) is 0 Å². The molecule has 0 aliphatic heterocycles. The molecule has 0 aliphatic carbocycles. The molecule has 0 atom stereocenters.